The lowest BCUT2D eigenvalue weighted by molar-refractivity contribution is 0.0733. The second-order valence-electron chi connectivity index (χ2n) is 5.62. The molecule has 2 heterocycles. The number of nitrogens with one attached hydrogen (secondary N) is 1. The van der Waals surface area contributed by atoms with E-state index in [-0.39, 0.29) is 18.0 Å². The van der Waals surface area contributed by atoms with Crippen molar-refractivity contribution in [2.24, 2.45) is 0 Å². The predicted octanol–water partition coefficient (Wildman–Crippen LogP) is 3.02. The molecule has 1 N–H and O–H groups in total. The lowest BCUT2D eigenvalue weighted by atomic mass is 10.2. The molecule has 25 heavy (non-hydrogen) atoms. The van der Waals surface area contributed by atoms with Crippen LogP contribution in [0.3, 0.4) is 0 Å². The fourth-order valence-corrected chi connectivity index (χ4v) is 2.76. The van der Waals surface area contributed by atoms with Gasteiger partial charge in [0.2, 0.25) is 0 Å². The van der Waals surface area contributed by atoms with Crippen LogP contribution in [-0.4, -0.2) is 32.3 Å². The highest BCUT2D eigenvalue weighted by molar-refractivity contribution is 6.31. The number of rotatable bonds is 5. The summed E-state index contributed by atoms with van der Waals surface area (Å²) in [5, 5.41) is 0.970. The normalized spacial score (nSPS) is 10.8. The smallest absolute Gasteiger partial charge is 0.272 e. The van der Waals surface area contributed by atoms with Gasteiger partial charge in [0.05, 0.1) is 17.4 Å². The molecule has 1 amide bonds. The first kappa shape index (κ1) is 17.1. The Morgan fingerprint density at radius 3 is 2.84 bits per heavy atom. The van der Waals surface area contributed by atoms with E-state index in [4.69, 9.17) is 11.6 Å². The van der Waals surface area contributed by atoms with Gasteiger partial charge in [0.1, 0.15) is 11.5 Å². The van der Waals surface area contributed by atoms with Crippen molar-refractivity contribution in [2.75, 3.05) is 6.54 Å². The minimum absolute atomic E-state index is 0.195. The SMILES string of the molecule is CCCN(Cc1nc2cc(Cl)ccc2c(=O)[nH]1)C(=O)c1ccccn1. The van der Waals surface area contributed by atoms with E-state index >= 15 is 0 Å². The lowest BCUT2D eigenvalue weighted by Gasteiger charge is -2.21. The molecule has 0 radical (unpaired) electrons. The van der Waals surface area contributed by atoms with Crippen LogP contribution in [0, 0.1) is 0 Å². The van der Waals surface area contributed by atoms with E-state index in [1.54, 1.807) is 47.5 Å². The average Bonchev–Trinajstić information content (AvgIpc) is 2.61. The minimum Gasteiger partial charge on any atom is -0.330 e. The van der Waals surface area contributed by atoms with Crippen molar-refractivity contribution in [3.05, 3.63) is 69.5 Å². The molecule has 0 saturated carbocycles. The molecule has 0 saturated heterocycles. The quantitative estimate of drug-likeness (QED) is 0.762. The van der Waals surface area contributed by atoms with Gasteiger partial charge in [-0.1, -0.05) is 24.6 Å². The molecule has 1 aromatic carbocycles. The van der Waals surface area contributed by atoms with E-state index in [0.29, 0.717) is 34.0 Å². The maximum atomic E-state index is 12.7. The Balaban J connectivity index is 1.93. The van der Waals surface area contributed by atoms with Gasteiger partial charge in [-0.15, -0.1) is 0 Å². The molecule has 0 aliphatic rings. The molecule has 0 aliphatic carbocycles. The number of benzene rings is 1. The van der Waals surface area contributed by atoms with E-state index in [1.165, 1.54) is 0 Å². The van der Waals surface area contributed by atoms with Crippen molar-refractivity contribution in [1.29, 1.82) is 0 Å². The number of nitrogens with zero attached hydrogens (tertiary/aromatic N) is 3. The Kier molecular flexibility index (Phi) is 5.09. The maximum Gasteiger partial charge on any atom is 0.272 e. The number of fused-ring (bicyclic) bond motifs is 1. The second-order valence-corrected chi connectivity index (χ2v) is 6.05. The third kappa shape index (κ3) is 3.85. The molecule has 6 nitrogen and oxygen atoms in total. The number of H-pyrrole nitrogens is 1. The Bertz CT molecular complexity index is 956. The summed E-state index contributed by atoms with van der Waals surface area (Å²) >= 11 is 5.98. The molecule has 0 atom stereocenters. The average molecular weight is 357 g/mol. The Morgan fingerprint density at radius 1 is 1.28 bits per heavy atom. The molecular formula is C18H17ClN4O2. The minimum atomic E-state index is -0.251. The number of amides is 1. The van der Waals surface area contributed by atoms with Gasteiger partial charge < -0.3 is 9.88 Å². The number of aromatic amines is 1. The molecule has 128 valence electrons. The largest absolute Gasteiger partial charge is 0.330 e. The first-order valence-corrected chi connectivity index (χ1v) is 8.35. The molecule has 3 rings (SSSR count). The van der Waals surface area contributed by atoms with Crippen LogP contribution in [0.4, 0.5) is 0 Å². The molecule has 0 spiro atoms. The fraction of sp³-hybridized carbons (Fsp3) is 0.222. The standard InChI is InChI=1S/C18H17ClN4O2/c1-2-9-23(18(25)14-5-3-4-8-20-14)11-16-21-15-10-12(19)6-7-13(15)17(24)22-16/h3-8,10H,2,9,11H2,1H3,(H,21,22,24). The molecule has 7 heteroatoms. The third-order valence-electron chi connectivity index (χ3n) is 3.72. The summed E-state index contributed by atoms with van der Waals surface area (Å²) in [4.78, 5) is 37.8. The van der Waals surface area contributed by atoms with Crippen molar-refractivity contribution in [2.45, 2.75) is 19.9 Å². The zero-order valence-electron chi connectivity index (χ0n) is 13.7. The highest BCUT2D eigenvalue weighted by Gasteiger charge is 2.18. The summed E-state index contributed by atoms with van der Waals surface area (Å²) in [6, 6.07) is 10.1. The van der Waals surface area contributed by atoms with Gasteiger partial charge in [-0.3, -0.25) is 14.6 Å². The van der Waals surface area contributed by atoms with Crippen molar-refractivity contribution >= 4 is 28.4 Å². The molecule has 3 aromatic rings. The summed E-state index contributed by atoms with van der Waals surface area (Å²) < 4.78 is 0. The Morgan fingerprint density at radius 2 is 2.12 bits per heavy atom. The number of pyridine rings is 1. The highest BCUT2D eigenvalue weighted by atomic mass is 35.5. The van der Waals surface area contributed by atoms with E-state index in [9.17, 15) is 9.59 Å². The van der Waals surface area contributed by atoms with E-state index < -0.39 is 0 Å². The number of halogens is 1. The number of hydrogen-bond donors (Lipinski definition) is 1. The summed E-state index contributed by atoms with van der Waals surface area (Å²) in [7, 11) is 0. The van der Waals surface area contributed by atoms with Gasteiger partial charge >= 0.3 is 0 Å². The maximum absolute atomic E-state index is 12.7. The topological polar surface area (TPSA) is 79.0 Å². The van der Waals surface area contributed by atoms with E-state index in [1.807, 2.05) is 6.92 Å². The van der Waals surface area contributed by atoms with Gasteiger partial charge in [-0.2, -0.15) is 0 Å². The molecular weight excluding hydrogens is 340 g/mol. The van der Waals surface area contributed by atoms with Crippen molar-refractivity contribution in [3.8, 4) is 0 Å². The van der Waals surface area contributed by atoms with Gasteiger partial charge in [-0.25, -0.2) is 4.98 Å². The van der Waals surface area contributed by atoms with Gasteiger partial charge in [0.15, 0.2) is 0 Å². The number of carbonyl (C=O) groups excluding carboxylic acids is 1. The molecule has 2 aromatic heterocycles. The van der Waals surface area contributed by atoms with E-state index in [2.05, 4.69) is 15.0 Å². The lowest BCUT2D eigenvalue weighted by Crippen LogP contribution is -2.33. The summed E-state index contributed by atoms with van der Waals surface area (Å²) in [5.74, 6) is 0.216. The van der Waals surface area contributed by atoms with Crippen LogP contribution < -0.4 is 5.56 Å². The zero-order valence-corrected chi connectivity index (χ0v) is 14.5. The highest BCUT2D eigenvalue weighted by Crippen LogP contribution is 2.15. The molecule has 0 unspecified atom stereocenters. The van der Waals surface area contributed by atoms with Crippen LogP contribution in [0.2, 0.25) is 5.02 Å². The zero-order chi connectivity index (χ0) is 17.8. The number of hydrogen-bond acceptors (Lipinski definition) is 4. The first-order chi connectivity index (χ1) is 12.1. The summed E-state index contributed by atoms with van der Waals surface area (Å²) in [6.45, 7) is 2.71. The van der Waals surface area contributed by atoms with Crippen LogP contribution in [0.1, 0.15) is 29.7 Å². The van der Waals surface area contributed by atoms with Gasteiger partial charge in [-0.05, 0) is 36.8 Å². The van der Waals surface area contributed by atoms with Crippen LogP contribution in [0.25, 0.3) is 10.9 Å². The van der Waals surface area contributed by atoms with Gasteiger partial charge in [0, 0.05) is 17.8 Å². The van der Waals surface area contributed by atoms with Crippen LogP contribution in [-0.2, 0) is 6.54 Å². The fourth-order valence-electron chi connectivity index (χ4n) is 2.59. The number of carbonyl (C=O) groups is 1. The Labute approximate surface area is 149 Å². The van der Waals surface area contributed by atoms with Crippen LogP contribution >= 0.6 is 11.6 Å². The van der Waals surface area contributed by atoms with Crippen molar-refractivity contribution in [1.82, 2.24) is 19.9 Å². The van der Waals surface area contributed by atoms with Crippen molar-refractivity contribution < 1.29 is 4.79 Å². The molecule has 0 bridgehead atoms. The van der Waals surface area contributed by atoms with Gasteiger partial charge in [0.25, 0.3) is 11.5 Å². The first-order valence-electron chi connectivity index (χ1n) is 7.97. The van der Waals surface area contributed by atoms with Crippen LogP contribution in [0.5, 0.6) is 0 Å². The van der Waals surface area contributed by atoms with Crippen LogP contribution in [0.15, 0.2) is 47.4 Å². The second kappa shape index (κ2) is 7.44. The summed E-state index contributed by atoms with van der Waals surface area (Å²) in [6.07, 6.45) is 2.36. The summed E-state index contributed by atoms with van der Waals surface area (Å²) in [5.41, 5.74) is 0.619. The monoisotopic (exact) mass is 356 g/mol. The number of aromatic nitrogens is 3. The van der Waals surface area contributed by atoms with Crippen molar-refractivity contribution in [3.63, 3.8) is 0 Å². The third-order valence-corrected chi connectivity index (χ3v) is 3.96. The molecule has 0 fully saturated rings. The molecule has 0 aliphatic heterocycles. The van der Waals surface area contributed by atoms with E-state index in [0.717, 1.165) is 6.42 Å². The Hall–Kier alpha value is -2.73. The predicted molar refractivity (Wildman–Crippen MR) is 96.6 cm³/mol.